The number of unbranched alkanes of at least 4 members (excludes halogenated alkanes) is 3. The Balaban J connectivity index is 1.89. The Hall–Kier alpha value is -2.57. The maximum Gasteiger partial charge on any atom is 0.372 e. The Labute approximate surface area is 169 Å². The van der Waals surface area contributed by atoms with E-state index in [0.717, 1.165) is 25.7 Å². The summed E-state index contributed by atoms with van der Waals surface area (Å²) in [7, 11) is 1.49. The number of methoxy groups -OCH3 is 1. The van der Waals surface area contributed by atoms with Gasteiger partial charge in [0.15, 0.2) is 0 Å². The Morgan fingerprint density at radius 1 is 1.10 bits per heavy atom. The molecule has 160 valence electrons. The highest BCUT2D eigenvalue weighted by Crippen LogP contribution is 2.33. The van der Waals surface area contributed by atoms with Crippen molar-refractivity contribution in [2.45, 2.75) is 53.4 Å². The van der Waals surface area contributed by atoms with E-state index in [1.54, 1.807) is 6.07 Å². The van der Waals surface area contributed by atoms with Crippen LogP contribution in [0.15, 0.2) is 21.3 Å². The van der Waals surface area contributed by atoms with Crippen LogP contribution >= 0.6 is 0 Å². The van der Waals surface area contributed by atoms with Gasteiger partial charge in [-0.15, -0.1) is 0 Å². The summed E-state index contributed by atoms with van der Waals surface area (Å²) in [6, 6.07) is 3.19. The van der Waals surface area contributed by atoms with Gasteiger partial charge in [0.1, 0.15) is 17.1 Å². The number of hydrogen-bond donors (Lipinski definition) is 0. The van der Waals surface area contributed by atoms with Crippen LogP contribution in [-0.4, -0.2) is 26.3 Å². The van der Waals surface area contributed by atoms with Gasteiger partial charge >= 0.3 is 11.6 Å². The smallest absolute Gasteiger partial charge is 0.372 e. The molecule has 1 heterocycles. The van der Waals surface area contributed by atoms with E-state index in [1.807, 2.05) is 20.8 Å². The maximum absolute atomic E-state index is 14.0. The number of carbonyl (C=O) groups excluding carboxylic acids is 1. The van der Waals surface area contributed by atoms with Gasteiger partial charge in [0.2, 0.25) is 5.82 Å². The van der Waals surface area contributed by atoms with Crippen LogP contribution < -0.4 is 15.1 Å². The van der Waals surface area contributed by atoms with Crippen LogP contribution in [0.25, 0.3) is 11.0 Å². The van der Waals surface area contributed by atoms with Crippen LogP contribution in [0.2, 0.25) is 0 Å². The van der Waals surface area contributed by atoms with Crippen molar-refractivity contribution < 1.29 is 27.8 Å². The van der Waals surface area contributed by atoms with Crippen molar-refractivity contribution in [2.24, 2.45) is 5.41 Å². The zero-order valence-corrected chi connectivity index (χ0v) is 17.7. The van der Waals surface area contributed by atoms with Crippen molar-refractivity contribution in [3.63, 3.8) is 0 Å². The number of ether oxygens (including phenoxy) is 3. The molecule has 0 atom stereocenters. The number of fused-ring (bicyclic) bond motifs is 1. The minimum absolute atomic E-state index is 0.189. The van der Waals surface area contributed by atoms with Gasteiger partial charge in [0.05, 0.1) is 31.1 Å². The molecule has 29 heavy (non-hydrogen) atoms. The Morgan fingerprint density at radius 3 is 2.38 bits per heavy atom. The standard InChI is InChI=1S/C22H29FO6/c1-14-18-16(12-15(26-5)13-17(18)29-20(24)19(14)23)27-10-8-6-7-9-11-28-21(25)22(2,3)4/h12-13H,6-11H2,1-5H3. The third-order valence-corrected chi connectivity index (χ3v) is 4.50. The lowest BCUT2D eigenvalue weighted by Crippen LogP contribution is -2.23. The fourth-order valence-electron chi connectivity index (χ4n) is 2.78. The SMILES string of the molecule is COc1cc(OCCCCCCOC(=O)C(C)(C)C)c2c(C)c(F)c(=O)oc2c1. The number of rotatable bonds is 9. The van der Waals surface area contributed by atoms with Gasteiger partial charge in [-0.2, -0.15) is 4.39 Å². The zero-order valence-electron chi connectivity index (χ0n) is 17.7. The van der Waals surface area contributed by atoms with Crippen molar-refractivity contribution >= 4 is 16.9 Å². The quantitative estimate of drug-likeness (QED) is 0.338. The molecule has 0 saturated carbocycles. The predicted molar refractivity (Wildman–Crippen MR) is 108 cm³/mol. The van der Waals surface area contributed by atoms with Crippen LogP contribution in [0.4, 0.5) is 4.39 Å². The summed E-state index contributed by atoms with van der Waals surface area (Å²) < 4.78 is 35.3. The minimum atomic E-state index is -1.01. The number of esters is 1. The summed E-state index contributed by atoms with van der Waals surface area (Å²) in [6.07, 6.45) is 3.38. The van der Waals surface area contributed by atoms with E-state index >= 15 is 0 Å². The van der Waals surface area contributed by atoms with Gasteiger partial charge in [-0.1, -0.05) is 0 Å². The zero-order chi connectivity index (χ0) is 21.6. The highest BCUT2D eigenvalue weighted by atomic mass is 19.1. The van der Waals surface area contributed by atoms with Gasteiger partial charge in [-0.3, -0.25) is 4.79 Å². The lowest BCUT2D eigenvalue weighted by atomic mass is 9.97. The lowest BCUT2D eigenvalue weighted by molar-refractivity contribution is -0.153. The molecule has 0 N–H and O–H groups in total. The van der Waals surface area contributed by atoms with Gasteiger partial charge in [-0.05, 0) is 53.4 Å². The molecule has 7 heteroatoms. The van der Waals surface area contributed by atoms with Crippen LogP contribution in [-0.2, 0) is 9.53 Å². The number of aryl methyl sites for hydroxylation is 1. The van der Waals surface area contributed by atoms with Gasteiger partial charge in [0, 0.05) is 17.7 Å². The second-order valence-electron chi connectivity index (χ2n) is 7.98. The molecule has 0 bridgehead atoms. The molecule has 1 aromatic heterocycles. The Bertz CT molecular complexity index is 910. The number of halogens is 1. The molecule has 0 unspecified atom stereocenters. The van der Waals surface area contributed by atoms with Gasteiger partial charge in [-0.25, -0.2) is 4.79 Å². The van der Waals surface area contributed by atoms with Crippen LogP contribution in [0, 0.1) is 18.2 Å². The largest absolute Gasteiger partial charge is 0.496 e. The number of carbonyl (C=O) groups is 1. The molecule has 1 aromatic carbocycles. The first-order chi connectivity index (χ1) is 13.6. The summed E-state index contributed by atoms with van der Waals surface area (Å²) in [5.41, 5.74) is -1.08. The normalized spacial score (nSPS) is 11.5. The van der Waals surface area contributed by atoms with Gasteiger partial charge in [0.25, 0.3) is 0 Å². The van der Waals surface area contributed by atoms with Gasteiger partial charge < -0.3 is 18.6 Å². The fourth-order valence-corrected chi connectivity index (χ4v) is 2.78. The van der Waals surface area contributed by atoms with E-state index in [0.29, 0.717) is 30.1 Å². The van der Waals surface area contributed by atoms with E-state index in [4.69, 9.17) is 18.6 Å². The molecule has 2 rings (SSSR count). The molecule has 0 aliphatic rings. The van der Waals surface area contributed by atoms with E-state index in [9.17, 15) is 14.0 Å². The molecule has 6 nitrogen and oxygen atoms in total. The van der Waals surface area contributed by atoms with Crippen molar-refractivity contribution in [2.75, 3.05) is 20.3 Å². The fraction of sp³-hybridized carbons (Fsp3) is 0.545. The summed E-state index contributed by atoms with van der Waals surface area (Å²) >= 11 is 0. The number of hydrogen-bond acceptors (Lipinski definition) is 6. The van der Waals surface area contributed by atoms with Crippen molar-refractivity contribution in [1.82, 2.24) is 0 Å². The Morgan fingerprint density at radius 2 is 1.76 bits per heavy atom. The van der Waals surface area contributed by atoms with Crippen LogP contribution in [0.3, 0.4) is 0 Å². The lowest BCUT2D eigenvalue weighted by Gasteiger charge is -2.16. The third kappa shape index (κ3) is 5.95. The molecule has 0 spiro atoms. The van der Waals surface area contributed by atoms with Crippen LogP contribution in [0.1, 0.15) is 52.0 Å². The molecule has 0 radical (unpaired) electrons. The topological polar surface area (TPSA) is 75.0 Å². The Kier molecular flexibility index (Phi) is 7.65. The first-order valence-corrected chi connectivity index (χ1v) is 9.76. The highest BCUT2D eigenvalue weighted by molar-refractivity contribution is 5.88. The summed E-state index contributed by atoms with van der Waals surface area (Å²) in [5, 5.41) is 0.428. The third-order valence-electron chi connectivity index (χ3n) is 4.50. The van der Waals surface area contributed by atoms with E-state index in [2.05, 4.69) is 0 Å². The van der Waals surface area contributed by atoms with E-state index < -0.39 is 16.9 Å². The first kappa shape index (κ1) is 22.7. The molecule has 0 saturated heterocycles. The second-order valence-corrected chi connectivity index (χ2v) is 7.98. The summed E-state index contributed by atoms with van der Waals surface area (Å²) in [4.78, 5) is 23.3. The summed E-state index contributed by atoms with van der Waals surface area (Å²) in [6.45, 7) is 7.83. The monoisotopic (exact) mass is 408 g/mol. The average molecular weight is 408 g/mol. The van der Waals surface area contributed by atoms with Crippen molar-refractivity contribution in [3.8, 4) is 11.5 Å². The molecule has 0 aliphatic carbocycles. The van der Waals surface area contributed by atoms with Crippen molar-refractivity contribution in [3.05, 3.63) is 33.9 Å². The van der Waals surface area contributed by atoms with Crippen LogP contribution in [0.5, 0.6) is 11.5 Å². The number of benzene rings is 1. The molecule has 0 amide bonds. The average Bonchev–Trinajstić information content (AvgIpc) is 2.66. The maximum atomic E-state index is 14.0. The first-order valence-electron chi connectivity index (χ1n) is 9.76. The molecular formula is C22H29FO6. The highest BCUT2D eigenvalue weighted by Gasteiger charge is 2.22. The molecule has 0 fully saturated rings. The van der Waals surface area contributed by atoms with Crippen molar-refractivity contribution in [1.29, 1.82) is 0 Å². The molecule has 0 aliphatic heterocycles. The minimum Gasteiger partial charge on any atom is -0.496 e. The predicted octanol–water partition coefficient (Wildman–Crippen LogP) is 4.78. The van der Waals surface area contributed by atoms with E-state index in [-0.39, 0.29) is 17.1 Å². The summed E-state index contributed by atoms with van der Waals surface area (Å²) in [5.74, 6) is -0.238. The second kappa shape index (κ2) is 9.76. The molecular weight excluding hydrogens is 379 g/mol. The molecule has 2 aromatic rings. The van der Waals surface area contributed by atoms with E-state index in [1.165, 1.54) is 20.1 Å².